The lowest BCUT2D eigenvalue weighted by Crippen LogP contribution is -2.39. The average Bonchev–Trinajstić information content (AvgIpc) is 2.25. The Bertz CT molecular complexity index is 387. The van der Waals surface area contributed by atoms with E-state index in [2.05, 4.69) is 15.3 Å². The summed E-state index contributed by atoms with van der Waals surface area (Å²) in [5.74, 6) is 0.790. The van der Waals surface area contributed by atoms with Crippen LogP contribution in [0.3, 0.4) is 0 Å². The zero-order chi connectivity index (χ0) is 13.0. The molecule has 0 radical (unpaired) electrons. The summed E-state index contributed by atoms with van der Waals surface area (Å²) >= 11 is 0. The van der Waals surface area contributed by atoms with E-state index in [1.807, 2.05) is 13.8 Å². The van der Waals surface area contributed by atoms with E-state index < -0.39 is 0 Å². The fourth-order valence-electron chi connectivity index (χ4n) is 1.44. The summed E-state index contributed by atoms with van der Waals surface area (Å²) in [5.41, 5.74) is 6.31. The molecule has 0 fully saturated rings. The molecule has 1 atom stereocenters. The van der Waals surface area contributed by atoms with Crippen LogP contribution in [0.1, 0.15) is 19.5 Å². The van der Waals surface area contributed by atoms with E-state index in [0.717, 1.165) is 5.69 Å². The van der Waals surface area contributed by atoms with Gasteiger partial charge in [0.2, 0.25) is 11.9 Å². The molecule has 1 unspecified atom stereocenters. The van der Waals surface area contributed by atoms with Gasteiger partial charge in [-0.3, -0.25) is 4.79 Å². The van der Waals surface area contributed by atoms with Crippen molar-refractivity contribution in [1.29, 1.82) is 0 Å². The third kappa shape index (κ3) is 3.58. The number of anilines is 2. The molecule has 0 saturated heterocycles. The van der Waals surface area contributed by atoms with Crippen molar-refractivity contribution in [2.24, 2.45) is 0 Å². The van der Waals surface area contributed by atoms with Gasteiger partial charge in [0.25, 0.3) is 0 Å². The molecule has 1 aromatic rings. The molecule has 0 bridgehead atoms. The maximum atomic E-state index is 11.8. The van der Waals surface area contributed by atoms with Crippen molar-refractivity contribution in [2.75, 3.05) is 24.6 Å². The maximum absolute atomic E-state index is 11.8. The lowest BCUT2D eigenvalue weighted by molar-refractivity contribution is -0.130. The lowest BCUT2D eigenvalue weighted by Gasteiger charge is -2.21. The molecule has 3 N–H and O–H groups in total. The third-order valence-electron chi connectivity index (χ3n) is 2.46. The summed E-state index contributed by atoms with van der Waals surface area (Å²) in [4.78, 5) is 21.5. The summed E-state index contributed by atoms with van der Waals surface area (Å²) in [5, 5.41) is 3.02. The Kier molecular flexibility index (Phi) is 4.25. The number of hydrogen-bond acceptors (Lipinski definition) is 5. The number of amides is 1. The van der Waals surface area contributed by atoms with Crippen LogP contribution in [-0.4, -0.2) is 40.4 Å². The minimum Gasteiger partial charge on any atom is -0.368 e. The number of nitrogen functional groups attached to an aromatic ring is 1. The number of nitrogens with zero attached hydrogens (tertiary/aromatic N) is 3. The van der Waals surface area contributed by atoms with Crippen molar-refractivity contribution in [3.8, 4) is 0 Å². The second-order valence-electron chi connectivity index (χ2n) is 3.97. The number of aryl methyl sites for hydroxylation is 1. The van der Waals surface area contributed by atoms with Crippen molar-refractivity contribution < 1.29 is 4.79 Å². The van der Waals surface area contributed by atoms with Crippen molar-refractivity contribution in [1.82, 2.24) is 14.9 Å². The fraction of sp³-hybridized carbons (Fsp3) is 0.545. The number of rotatable bonds is 4. The fourth-order valence-corrected chi connectivity index (χ4v) is 1.44. The standard InChI is InChI=1S/C11H19N5O/c1-5-16(4)10(17)8(3)14-9-6-7(2)13-11(12)15-9/h6,8H,5H2,1-4H3,(H3,12,13,14,15). The predicted molar refractivity (Wildman–Crippen MR) is 67.6 cm³/mol. The molecule has 1 rings (SSSR count). The molecule has 0 aliphatic heterocycles. The Morgan fingerprint density at radius 1 is 1.59 bits per heavy atom. The number of nitrogens with one attached hydrogen (secondary N) is 1. The molecule has 6 heteroatoms. The SMILES string of the molecule is CCN(C)C(=O)C(C)Nc1cc(C)nc(N)n1. The topological polar surface area (TPSA) is 84.1 Å². The van der Waals surface area contributed by atoms with Crippen molar-refractivity contribution in [3.05, 3.63) is 11.8 Å². The molecule has 1 aromatic heterocycles. The molecule has 94 valence electrons. The Labute approximate surface area is 101 Å². The number of carbonyl (C=O) groups is 1. The summed E-state index contributed by atoms with van der Waals surface area (Å²) in [6.45, 7) is 6.23. The summed E-state index contributed by atoms with van der Waals surface area (Å²) < 4.78 is 0. The Balaban J connectivity index is 2.74. The highest BCUT2D eigenvalue weighted by atomic mass is 16.2. The molecular weight excluding hydrogens is 218 g/mol. The Morgan fingerprint density at radius 2 is 2.24 bits per heavy atom. The number of hydrogen-bond donors (Lipinski definition) is 2. The predicted octanol–water partition coefficient (Wildman–Crippen LogP) is 0.646. The highest BCUT2D eigenvalue weighted by Crippen LogP contribution is 2.09. The number of nitrogens with two attached hydrogens (primary N) is 1. The van der Waals surface area contributed by atoms with Crippen molar-refractivity contribution in [3.63, 3.8) is 0 Å². The number of aromatic nitrogens is 2. The van der Waals surface area contributed by atoms with E-state index in [0.29, 0.717) is 12.4 Å². The van der Waals surface area contributed by atoms with Crippen LogP contribution in [0, 0.1) is 6.92 Å². The largest absolute Gasteiger partial charge is 0.368 e. The highest BCUT2D eigenvalue weighted by molar-refractivity contribution is 5.83. The maximum Gasteiger partial charge on any atom is 0.244 e. The molecule has 0 aromatic carbocycles. The van der Waals surface area contributed by atoms with Gasteiger partial charge in [0.1, 0.15) is 11.9 Å². The normalized spacial score (nSPS) is 12.0. The third-order valence-corrected chi connectivity index (χ3v) is 2.46. The zero-order valence-electron chi connectivity index (χ0n) is 10.7. The van der Waals surface area contributed by atoms with E-state index in [1.54, 1.807) is 24.9 Å². The molecule has 0 aliphatic rings. The van der Waals surface area contributed by atoms with E-state index >= 15 is 0 Å². The minimum atomic E-state index is -0.339. The van der Waals surface area contributed by atoms with Gasteiger partial charge in [0, 0.05) is 25.4 Å². The lowest BCUT2D eigenvalue weighted by atomic mass is 10.3. The van der Waals surface area contributed by atoms with Crippen LogP contribution in [0.25, 0.3) is 0 Å². The summed E-state index contributed by atoms with van der Waals surface area (Å²) in [6, 6.07) is 1.42. The second kappa shape index (κ2) is 5.47. The van der Waals surface area contributed by atoms with E-state index in [4.69, 9.17) is 5.73 Å². The monoisotopic (exact) mass is 237 g/mol. The molecule has 6 nitrogen and oxygen atoms in total. The smallest absolute Gasteiger partial charge is 0.244 e. The van der Waals surface area contributed by atoms with Gasteiger partial charge in [-0.25, -0.2) is 4.98 Å². The van der Waals surface area contributed by atoms with Crippen LogP contribution in [0.15, 0.2) is 6.07 Å². The minimum absolute atomic E-state index is 0.0161. The van der Waals surface area contributed by atoms with E-state index in [1.165, 1.54) is 0 Å². The quantitative estimate of drug-likeness (QED) is 0.803. The van der Waals surface area contributed by atoms with Gasteiger partial charge in [-0.2, -0.15) is 4.98 Å². The molecule has 17 heavy (non-hydrogen) atoms. The van der Waals surface area contributed by atoms with Gasteiger partial charge < -0.3 is 16.0 Å². The molecule has 0 saturated carbocycles. The molecule has 1 amide bonds. The first-order valence-corrected chi connectivity index (χ1v) is 5.56. The molecular formula is C11H19N5O. The highest BCUT2D eigenvalue weighted by Gasteiger charge is 2.16. The second-order valence-corrected chi connectivity index (χ2v) is 3.97. The van der Waals surface area contributed by atoms with Gasteiger partial charge in [0.05, 0.1) is 0 Å². The molecule has 0 aliphatic carbocycles. The summed E-state index contributed by atoms with van der Waals surface area (Å²) in [6.07, 6.45) is 0. The van der Waals surface area contributed by atoms with Gasteiger partial charge in [-0.1, -0.05) is 0 Å². The van der Waals surface area contributed by atoms with Crippen molar-refractivity contribution >= 4 is 17.7 Å². The number of likely N-dealkylation sites (N-methyl/N-ethyl adjacent to an activating group) is 1. The van der Waals surface area contributed by atoms with Gasteiger partial charge in [-0.15, -0.1) is 0 Å². The molecule has 0 spiro atoms. The van der Waals surface area contributed by atoms with Gasteiger partial charge >= 0.3 is 0 Å². The van der Waals surface area contributed by atoms with Crippen LogP contribution in [0.2, 0.25) is 0 Å². The van der Waals surface area contributed by atoms with Crippen LogP contribution in [0.4, 0.5) is 11.8 Å². The zero-order valence-corrected chi connectivity index (χ0v) is 10.7. The van der Waals surface area contributed by atoms with Crippen molar-refractivity contribution in [2.45, 2.75) is 26.8 Å². The van der Waals surface area contributed by atoms with Crippen LogP contribution in [-0.2, 0) is 4.79 Å². The van der Waals surface area contributed by atoms with Crippen LogP contribution in [0.5, 0.6) is 0 Å². The first-order chi connectivity index (χ1) is 7.93. The van der Waals surface area contributed by atoms with E-state index in [9.17, 15) is 4.79 Å². The first-order valence-electron chi connectivity index (χ1n) is 5.56. The van der Waals surface area contributed by atoms with Gasteiger partial charge in [0.15, 0.2) is 0 Å². The average molecular weight is 237 g/mol. The van der Waals surface area contributed by atoms with E-state index in [-0.39, 0.29) is 17.9 Å². The van der Waals surface area contributed by atoms with Crippen LogP contribution >= 0.6 is 0 Å². The first kappa shape index (κ1) is 13.2. The Hall–Kier alpha value is -1.85. The Morgan fingerprint density at radius 3 is 2.76 bits per heavy atom. The number of carbonyl (C=O) groups excluding carboxylic acids is 1. The molecule has 1 heterocycles. The van der Waals surface area contributed by atoms with Crippen LogP contribution < -0.4 is 11.1 Å². The summed E-state index contributed by atoms with van der Waals surface area (Å²) in [7, 11) is 1.76. The van der Waals surface area contributed by atoms with Gasteiger partial charge in [-0.05, 0) is 20.8 Å².